The van der Waals surface area contributed by atoms with Gasteiger partial charge in [-0.3, -0.25) is 0 Å². The van der Waals surface area contributed by atoms with Crippen molar-refractivity contribution in [1.82, 2.24) is 0 Å². The summed E-state index contributed by atoms with van der Waals surface area (Å²) in [6, 6.07) is 0. The topological polar surface area (TPSA) is 0 Å². The normalized spacial score (nSPS) is 22.2. The third-order valence-corrected chi connectivity index (χ3v) is 8.83. The van der Waals surface area contributed by atoms with Crippen molar-refractivity contribution < 1.29 is 0 Å². The molecule has 0 N–H and O–H groups in total. The van der Waals surface area contributed by atoms with Gasteiger partial charge in [-0.2, -0.15) is 0 Å². The van der Waals surface area contributed by atoms with Gasteiger partial charge in [0, 0.05) is 0 Å². The number of hydrogen-bond donors (Lipinski definition) is 0. The van der Waals surface area contributed by atoms with E-state index in [0.717, 1.165) is 47.3 Å². The van der Waals surface area contributed by atoms with Crippen LogP contribution in [0.15, 0.2) is 0 Å². The van der Waals surface area contributed by atoms with Gasteiger partial charge < -0.3 is 0 Å². The van der Waals surface area contributed by atoms with Crippen molar-refractivity contribution in [2.45, 2.75) is 175 Å². The maximum Gasteiger partial charge on any atom is -0.0354 e. The van der Waals surface area contributed by atoms with Crippen molar-refractivity contribution in [2.75, 3.05) is 0 Å². The Kier molecular flexibility index (Phi) is 26.1. The van der Waals surface area contributed by atoms with Crippen LogP contribution in [0.3, 0.4) is 0 Å². The third-order valence-electron chi connectivity index (χ3n) is 8.83. The van der Waals surface area contributed by atoms with E-state index in [0.29, 0.717) is 5.41 Å². The summed E-state index contributed by atoms with van der Waals surface area (Å²) < 4.78 is 0. The van der Waals surface area contributed by atoms with Crippen molar-refractivity contribution >= 4 is 0 Å². The predicted molar refractivity (Wildman–Crippen MR) is 167 cm³/mol. The lowest BCUT2D eigenvalue weighted by Gasteiger charge is -2.36. The van der Waals surface area contributed by atoms with E-state index in [4.69, 9.17) is 0 Å². The molecule has 0 radical (unpaired) electrons. The molecule has 0 heterocycles. The first-order chi connectivity index (χ1) is 16.3. The molecule has 0 heteroatoms. The molecule has 0 spiro atoms. The lowest BCUT2D eigenvalue weighted by molar-refractivity contribution is 0.138. The maximum atomic E-state index is 2.47. The van der Waals surface area contributed by atoms with Crippen LogP contribution in [0.2, 0.25) is 0 Å². The summed E-state index contributed by atoms with van der Waals surface area (Å²) in [5.41, 5.74) is 0.450. The van der Waals surface area contributed by atoms with Crippen LogP contribution in [0, 0.1) is 52.8 Å². The maximum absolute atomic E-state index is 2.47. The quantitative estimate of drug-likeness (QED) is 0.282. The van der Waals surface area contributed by atoms with Crippen LogP contribution in [0.4, 0.5) is 0 Å². The first-order valence-corrected chi connectivity index (χ1v) is 16.3. The van der Waals surface area contributed by atoms with Gasteiger partial charge in [0.05, 0.1) is 0 Å². The van der Waals surface area contributed by atoms with E-state index in [2.05, 4.69) is 96.9 Å². The van der Waals surface area contributed by atoms with Crippen LogP contribution in [-0.4, -0.2) is 0 Å². The van der Waals surface area contributed by atoms with Crippen LogP contribution in [0.25, 0.3) is 0 Å². The van der Waals surface area contributed by atoms with E-state index in [1.54, 1.807) is 0 Å². The highest BCUT2D eigenvalue weighted by molar-refractivity contribution is 4.80. The fourth-order valence-electron chi connectivity index (χ4n) is 5.63. The zero-order valence-corrected chi connectivity index (χ0v) is 28.2. The number of hydrogen-bond acceptors (Lipinski definition) is 0. The molecule has 0 saturated heterocycles. The Hall–Kier alpha value is 0. The van der Waals surface area contributed by atoms with Gasteiger partial charge >= 0.3 is 0 Å². The summed E-state index contributed by atoms with van der Waals surface area (Å²) in [5, 5.41) is 0. The van der Waals surface area contributed by atoms with Crippen LogP contribution in [0.1, 0.15) is 175 Å². The second kappa shape index (κ2) is 23.1. The molecule has 1 fully saturated rings. The molecule has 1 saturated carbocycles. The second-order valence-corrected chi connectivity index (χ2v) is 13.5. The fourth-order valence-corrected chi connectivity index (χ4v) is 5.63. The fraction of sp³-hybridized carbons (Fsp3) is 1.00. The lowest BCUT2D eigenvalue weighted by atomic mass is 9.69. The summed E-state index contributed by atoms with van der Waals surface area (Å²) >= 11 is 0. The molecule has 0 aliphatic heterocycles. The molecule has 0 nitrogen and oxygen atoms in total. The van der Waals surface area contributed by atoms with E-state index in [1.165, 1.54) is 64.2 Å². The first kappa shape index (κ1) is 39.5. The van der Waals surface area contributed by atoms with Gasteiger partial charge in [-0.25, -0.2) is 0 Å². The highest BCUT2D eigenvalue weighted by atomic mass is 14.3. The summed E-state index contributed by atoms with van der Waals surface area (Å²) in [6.45, 7) is 36.9. The van der Waals surface area contributed by atoms with E-state index in [1.807, 2.05) is 13.8 Å². The molecule has 0 aromatic carbocycles. The Morgan fingerprint density at radius 2 is 1.26 bits per heavy atom. The molecular formula is C35H76. The lowest BCUT2D eigenvalue weighted by Crippen LogP contribution is -2.28. The van der Waals surface area contributed by atoms with Crippen molar-refractivity contribution in [1.29, 1.82) is 0 Å². The van der Waals surface area contributed by atoms with Crippen LogP contribution in [-0.2, 0) is 0 Å². The van der Waals surface area contributed by atoms with Gasteiger partial charge in [0.1, 0.15) is 0 Å². The van der Waals surface area contributed by atoms with Gasteiger partial charge in [-0.1, -0.05) is 169 Å². The minimum absolute atomic E-state index is 0.450. The minimum atomic E-state index is 0.450. The molecule has 1 aliphatic rings. The molecule has 0 aromatic rings. The van der Waals surface area contributed by atoms with Gasteiger partial charge in [-0.15, -0.1) is 0 Å². The van der Waals surface area contributed by atoms with E-state index < -0.39 is 0 Å². The smallest absolute Gasteiger partial charge is 0.0354 e. The van der Waals surface area contributed by atoms with Crippen molar-refractivity contribution in [3.63, 3.8) is 0 Å². The molecule has 216 valence electrons. The Morgan fingerprint density at radius 3 is 1.63 bits per heavy atom. The van der Waals surface area contributed by atoms with E-state index in [-0.39, 0.29) is 0 Å². The van der Waals surface area contributed by atoms with Gasteiger partial charge in [0.15, 0.2) is 0 Å². The summed E-state index contributed by atoms with van der Waals surface area (Å²) in [7, 11) is 0. The SMILES string of the molecule is CC.CC(C)CCC(C)C(C)C(C)C(C)(C)C.CCC.CCCC(C(C)CC)C1CCCC(C)C1. The zero-order valence-electron chi connectivity index (χ0n) is 28.2. The average Bonchev–Trinajstić information content (AvgIpc) is 2.81. The molecule has 35 heavy (non-hydrogen) atoms. The van der Waals surface area contributed by atoms with Crippen molar-refractivity contribution in [3.05, 3.63) is 0 Å². The van der Waals surface area contributed by atoms with Crippen LogP contribution >= 0.6 is 0 Å². The average molecular weight is 497 g/mol. The predicted octanol–water partition coefficient (Wildman–Crippen LogP) is 13.1. The second-order valence-electron chi connectivity index (χ2n) is 13.5. The molecular weight excluding hydrogens is 420 g/mol. The highest BCUT2D eigenvalue weighted by Gasteiger charge is 2.29. The first-order valence-electron chi connectivity index (χ1n) is 16.3. The van der Waals surface area contributed by atoms with Gasteiger partial charge in [0.2, 0.25) is 0 Å². The van der Waals surface area contributed by atoms with Crippen molar-refractivity contribution in [3.8, 4) is 0 Å². The molecule has 0 aromatic heterocycles. The Morgan fingerprint density at radius 1 is 0.743 bits per heavy atom. The largest absolute Gasteiger partial charge is 0.0683 e. The number of rotatable bonds is 10. The summed E-state index contributed by atoms with van der Waals surface area (Å²) in [4.78, 5) is 0. The molecule has 1 rings (SSSR count). The Balaban J connectivity index is -0.000000494. The highest BCUT2D eigenvalue weighted by Crippen LogP contribution is 2.40. The molecule has 0 amide bonds. The Labute approximate surface area is 227 Å². The van der Waals surface area contributed by atoms with Crippen LogP contribution < -0.4 is 0 Å². The monoisotopic (exact) mass is 497 g/mol. The summed E-state index contributed by atoms with van der Waals surface area (Å²) in [6.07, 6.45) is 14.2. The minimum Gasteiger partial charge on any atom is -0.0683 e. The standard InChI is InChI=1S/C15H30.C15H32.C3H8.C2H6/c1-5-8-15(13(4)6-2)14-10-7-9-12(3)11-14;1-11(2)9-10-12(3)13(4)14(5)15(6,7)8;1-3-2;1-2/h12-15H,5-11H2,1-4H3;11-14H,9-10H2,1-8H3;3H2,1-2H3;1-2H3. The molecule has 0 bridgehead atoms. The van der Waals surface area contributed by atoms with Gasteiger partial charge in [-0.05, 0) is 59.2 Å². The third kappa shape index (κ3) is 19.7. The molecule has 7 unspecified atom stereocenters. The van der Waals surface area contributed by atoms with Gasteiger partial charge in [0.25, 0.3) is 0 Å². The zero-order chi connectivity index (χ0) is 28.2. The Bertz CT molecular complexity index is 414. The van der Waals surface area contributed by atoms with E-state index >= 15 is 0 Å². The summed E-state index contributed by atoms with van der Waals surface area (Å²) in [5.74, 6) is 7.36. The van der Waals surface area contributed by atoms with Crippen LogP contribution in [0.5, 0.6) is 0 Å². The molecule has 7 atom stereocenters. The van der Waals surface area contributed by atoms with Crippen molar-refractivity contribution in [2.24, 2.45) is 52.8 Å². The van der Waals surface area contributed by atoms with E-state index in [9.17, 15) is 0 Å². The molecule has 1 aliphatic carbocycles.